The summed E-state index contributed by atoms with van der Waals surface area (Å²) in [6, 6.07) is 14.9. The average molecular weight is 337 g/mol. The third-order valence-electron chi connectivity index (χ3n) is 3.80. The number of nitriles is 1. The molecule has 4 nitrogen and oxygen atoms in total. The zero-order chi connectivity index (χ0) is 18.2. The number of carbonyl (C=O) groups excluding carboxylic acids is 1. The van der Waals surface area contributed by atoms with E-state index < -0.39 is 5.91 Å². The van der Waals surface area contributed by atoms with Gasteiger partial charge in [0, 0.05) is 24.5 Å². The molecule has 0 aliphatic rings. The number of nitrogens with one attached hydrogen (secondary N) is 1. The summed E-state index contributed by atoms with van der Waals surface area (Å²) in [6.07, 6.45) is 1.43. The second-order valence-corrected chi connectivity index (χ2v) is 5.39. The predicted molar refractivity (Wildman–Crippen MR) is 98.6 cm³/mol. The normalized spacial score (nSPS) is 10.9. The minimum absolute atomic E-state index is 0.0422. The predicted octanol–water partition coefficient (Wildman–Crippen LogP) is 4.22. The molecule has 0 atom stereocenters. The fraction of sp³-hybridized carbons (Fsp3) is 0.200. The van der Waals surface area contributed by atoms with Gasteiger partial charge >= 0.3 is 0 Å². The van der Waals surface area contributed by atoms with E-state index in [1.807, 2.05) is 18.2 Å². The minimum atomic E-state index is -0.498. The summed E-state index contributed by atoms with van der Waals surface area (Å²) >= 11 is 0. The first-order valence-electron chi connectivity index (χ1n) is 8.11. The van der Waals surface area contributed by atoms with Crippen LogP contribution in [0.4, 0.5) is 15.8 Å². The van der Waals surface area contributed by atoms with E-state index in [0.29, 0.717) is 11.3 Å². The molecule has 0 aliphatic heterocycles. The molecular weight excluding hydrogens is 317 g/mol. The van der Waals surface area contributed by atoms with E-state index in [9.17, 15) is 14.4 Å². The maximum atomic E-state index is 12.9. The number of benzene rings is 2. The molecule has 2 rings (SSSR count). The van der Waals surface area contributed by atoms with Crippen molar-refractivity contribution in [1.29, 1.82) is 5.26 Å². The highest BCUT2D eigenvalue weighted by Gasteiger charge is 2.10. The minimum Gasteiger partial charge on any atom is -0.372 e. The van der Waals surface area contributed by atoms with Crippen molar-refractivity contribution >= 4 is 23.4 Å². The fourth-order valence-corrected chi connectivity index (χ4v) is 2.42. The van der Waals surface area contributed by atoms with E-state index in [2.05, 4.69) is 24.1 Å². The molecule has 25 heavy (non-hydrogen) atoms. The number of hydrogen-bond donors (Lipinski definition) is 1. The summed E-state index contributed by atoms with van der Waals surface area (Å²) in [5.41, 5.74) is 2.23. The van der Waals surface area contributed by atoms with Crippen LogP contribution >= 0.6 is 0 Å². The number of hydrogen-bond acceptors (Lipinski definition) is 3. The van der Waals surface area contributed by atoms with Crippen LogP contribution in [-0.2, 0) is 4.79 Å². The highest BCUT2D eigenvalue weighted by molar-refractivity contribution is 6.09. The lowest BCUT2D eigenvalue weighted by atomic mass is 10.1. The molecule has 128 valence electrons. The fourth-order valence-electron chi connectivity index (χ4n) is 2.42. The maximum Gasteiger partial charge on any atom is 0.266 e. The van der Waals surface area contributed by atoms with E-state index in [0.717, 1.165) is 18.8 Å². The topological polar surface area (TPSA) is 56.1 Å². The smallest absolute Gasteiger partial charge is 0.266 e. The van der Waals surface area contributed by atoms with E-state index in [-0.39, 0.29) is 11.4 Å². The SMILES string of the molecule is CCN(CC)c1ccc(NC(=O)/C(C#N)=C\c2ccc(F)cc2)cc1. The monoisotopic (exact) mass is 337 g/mol. The highest BCUT2D eigenvalue weighted by Crippen LogP contribution is 2.18. The molecular formula is C20H20FN3O. The first-order valence-corrected chi connectivity index (χ1v) is 8.11. The van der Waals surface area contributed by atoms with Gasteiger partial charge in [0.15, 0.2) is 0 Å². The summed E-state index contributed by atoms with van der Waals surface area (Å²) in [7, 11) is 0. The van der Waals surface area contributed by atoms with Crippen LogP contribution in [0, 0.1) is 17.1 Å². The third-order valence-corrected chi connectivity index (χ3v) is 3.80. The lowest BCUT2D eigenvalue weighted by Crippen LogP contribution is -2.21. The molecule has 0 fully saturated rings. The molecule has 0 spiro atoms. The first kappa shape index (κ1) is 18.2. The van der Waals surface area contributed by atoms with Gasteiger partial charge in [0.25, 0.3) is 5.91 Å². The number of carbonyl (C=O) groups is 1. The van der Waals surface area contributed by atoms with Gasteiger partial charge in [0.05, 0.1) is 0 Å². The van der Waals surface area contributed by atoms with Crippen LogP contribution in [0.3, 0.4) is 0 Å². The van der Waals surface area contributed by atoms with Gasteiger partial charge in [-0.1, -0.05) is 12.1 Å². The summed E-state index contributed by atoms with van der Waals surface area (Å²) in [5.74, 6) is -0.865. The van der Waals surface area contributed by atoms with Crippen LogP contribution < -0.4 is 10.2 Å². The van der Waals surface area contributed by atoms with Crippen LogP contribution in [0.25, 0.3) is 6.08 Å². The number of nitrogens with zero attached hydrogens (tertiary/aromatic N) is 2. The molecule has 0 aliphatic carbocycles. The molecule has 1 N–H and O–H groups in total. The molecule has 5 heteroatoms. The molecule has 2 aromatic rings. The molecule has 0 unspecified atom stereocenters. The number of halogens is 1. The summed E-state index contributed by atoms with van der Waals surface area (Å²) < 4.78 is 12.9. The maximum absolute atomic E-state index is 12.9. The van der Waals surface area contributed by atoms with Gasteiger partial charge in [-0.15, -0.1) is 0 Å². The zero-order valence-corrected chi connectivity index (χ0v) is 14.3. The Morgan fingerprint density at radius 2 is 1.72 bits per heavy atom. The molecule has 0 bridgehead atoms. The van der Waals surface area contributed by atoms with Crippen molar-refractivity contribution in [3.8, 4) is 6.07 Å². The van der Waals surface area contributed by atoms with Crippen molar-refractivity contribution in [2.45, 2.75) is 13.8 Å². The van der Waals surface area contributed by atoms with Gasteiger partial charge in [-0.25, -0.2) is 4.39 Å². The number of amides is 1. The van der Waals surface area contributed by atoms with E-state index in [4.69, 9.17) is 0 Å². The van der Waals surface area contributed by atoms with Crippen LogP contribution in [0.5, 0.6) is 0 Å². The quantitative estimate of drug-likeness (QED) is 0.634. The van der Waals surface area contributed by atoms with Crippen molar-refractivity contribution in [2.75, 3.05) is 23.3 Å². The van der Waals surface area contributed by atoms with Gasteiger partial charge in [-0.05, 0) is 61.9 Å². The van der Waals surface area contributed by atoms with Gasteiger partial charge < -0.3 is 10.2 Å². The van der Waals surface area contributed by atoms with Crippen molar-refractivity contribution < 1.29 is 9.18 Å². The Hall–Kier alpha value is -3.13. The molecule has 0 heterocycles. The molecule has 1 amide bonds. The second-order valence-electron chi connectivity index (χ2n) is 5.39. The van der Waals surface area contributed by atoms with Gasteiger partial charge in [0.1, 0.15) is 17.5 Å². The molecule has 0 saturated carbocycles. The summed E-state index contributed by atoms with van der Waals surface area (Å²) in [4.78, 5) is 14.5. The Bertz CT molecular complexity index is 785. The second kappa shape index (κ2) is 8.65. The molecule has 2 aromatic carbocycles. The van der Waals surface area contributed by atoms with E-state index in [1.165, 1.54) is 30.3 Å². The van der Waals surface area contributed by atoms with Gasteiger partial charge in [-0.2, -0.15) is 5.26 Å². The van der Waals surface area contributed by atoms with Gasteiger partial charge in [-0.3, -0.25) is 4.79 Å². The van der Waals surface area contributed by atoms with Crippen LogP contribution in [0.1, 0.15) is 19.4 Å². The van der Waals surface area contributed by atoms with Crippen molar-refractivity contribution in [3.05, 3.63) is 65.5 Å². The Morgan fingerprint density at radius 3 is 2.24 bits per heavy atom. The molecule has 0 saturated heterocycles. The number of anilines is 2. The Labute approximate surface area is 147 Å². The standard InChI is InChI=1S/C20H20FN3O/c1-3-24(4-2)19-11-9-18(10-12-19)23-20(25)16(14-22)13-15-5-7-17(21)8-6-15/h5-13H,3-4H2,1-2H3,(H,23,25)/b16-13-. The van der Waals surface area contributed by atoms with E-state index >= 15 is 0 Å². The zero-order valence-electron chi connectivity index (χ0n) is 14.3. The summed E-state index contributed by atoms with van der Waals surface area (Å²) in [5, 5.41) is 11.9. The Balaban J connectivity index is 2.11. The van der Waals surface area contributed by atoms with Crippen molar-refractivity contribution in [3.63, 3.8) is 0 Å². The molecule has 0 radical (unpaired) electrons. The summed E-state index contributed by atoms with van der Waals surface area (Å²) in [6.45, 7) is 5.97. The van der Waals surface area contributed by atoms with Crippen molar-refractivity contribution in [1.82, 2.24) is 0 Å². The molecule has 0 aromatic heterocycles. The first-order chi connectivity index (χ1) is 12.1. The van der Waals surface area contributed by atoms with Crippen LogP contribution in [-0.4, -0.2) is 19.0 Å². The highest BCUT2D eigenvalue weighted by atomic mass is 19.1. The van der Waals surface area contributed by atoms with Crippen LogP contribution in [0.2, 0.25) is 0 Å². The largest absolute Gasteiger partial charge is 0.372 e. The van der Waals surface area contributed by atoms with Crippen molar-refractivity contribution in [2.24, 2.45) is 0 Å². The number of rotatable bonds is 6. The lowest BCUT2D eigenvalue weighted by Gasteiger charge is -2.21. The van der Waals surface area contributed by atoms with Gasteiger partial charge in [0.2, 0.25) is 0 Å². The Kier molecular flexibility index (Phi) is 6.30. The third kappa shape index (κ3) is 4.92. The Morgan fingerprint density at radius 1 is 1.12 bits per heavy atom. The average Bonchev–Trinajstić information content (AvgIpc) is 2.63. The lowest BCUT2D eigenvalue weighted by molar-refractivity contribution is -0.112. The van der Waals surface area contributed by atoms with E-state index in [1.54, 1.807) is 12.1 Å². The van der Waals surface area contributed by atoms with Crippen LogP contribution in [0.15, 0.2) is 54.1 Å².